The van der Waals surface area contributed by atoms with E-state index in [9.17, 15) is 24.3 Å². The van der Waals surface area contributed by atoms with Crippen molar-refractivity contribution in [2.24, 2.45) is 29.1 Å². The Kier molecular flexibility index (Phi) is 5.98. The molecule has 2 aromatic carbocycles. The average molecular weight is 593 g/mol. The van der Waals surface area contributed by atoms with E-state index >= 15 is 0 Å². The minimum atomic E-state index is -1.15. The van der Waals surface area contributed by atoms with Crippen molar-refractivity contribution in [2.45, 2.75) is 32.6 Å². The molecule has 2 aromatic rings. The standard InChI is InChI=1S/C30H29BrN2O6/c1-4-32-26(35)18-11-10-17-19(23(18)28(32)37)14-20-27(36)33(16-8-6-5-7-9-16)29(38)30(20,2)24(17)15-12-21(31)25(34)22(13-15)39-3/h5-10,12-13,18-20,23-24,34H,4,11,14H2,1-3H3. The lowest BCUT2D eigenvalue weighted by molar-refractivity contribution is -0.140. The van der Waals surface area contributed by atoms with Gasteiger partial charge in [-0.2, -0.15) is 0 Å². The highest BCUT2D eigenvalue weighted by Gasteiger charge is 2.67. The highest BCUT2D eigenvalue weighted by molar-refractivity contribution is 9.10. The molecule has 2 heterocycles. The number of nitrogens with zero attached hydrogens (tertiary/aromatic N) is 2. The van der Waals surface area contributed by atoms with Crippen LogP contribution in [0.1, 0.15) is 38.2 Å². The van der Waals surface area contributed by atoms with Gasteiger partial charge in [-0.1, -0.05) is 29.8 Å². The van der Waals surface area contributed by atoms with Crippen LogP contribution in [0.5, 0.6) is 11.5 Å². The molecular weight excluding hydrogens is 564 g/mol. The van der Waals surface area contributed by atoms with Crippen LogP contribution < -0.4 is 9.64 Å². The van der Waals surface area contributed by atoms with Gasteiger partial charge in [0.1, 0.15) is 0 Å². The smallest absolute Gasteiger partial charge is 0.241 e. The van der Waals surface area contributed by atoms with E-state index < -0.39 is 29.1 Å². The maximum atomic E-state index is 14.3. The number of halogens is 1. The summed E-state index contributed by atoms with van der Waals surface area (Å²) in [5, 5.41) is 10.5. The summed E-state index contributed by atoms with van der Waals surface area (Å²) >= 11 is 3.42. The van der Waals surface area contributed by atoms with E-state index in [4.69, 9.17) is 4.74 Å². The highest BCUT2D eigenvalue weighted by Crippen LogP contribution is 2.64. The van der Waals surface area contributed by atoms with E-state index in [1.54, 1.807) is 43.3 Å². The predicted octanol–water partition coefficient (Wildman–Crippen LogP) is 4.41. The van der Waals surface area contributed by atoms with Crippen molar-refractivity contribution in [2.75, 3.05) is 18.6 Å². The predicted molar refractivity (Wildman–Crippen MR) is 146 cm³/mol. The van der Waals surface area contributed by atoms with Crippen LogP contribution in [-0.4, -0.2) is 47.3 Å². The van der Waals surface area contributed by atoms with Crippen LogP contribution in [-0.2, 0) is 19.2 Å². The second-order valence-electron chi connectivity index (χ2n) is 11.0. The van der Waals surface area contributed by atoms with E-state index in [0.29, 0.717) is 35.1 Å². The molecule has 4 aliphatic rings. The largest absolute Gasteiger partial charge is 0.503 e. The second kappa shape index (κ2) is 9.05. The van der Waals surface area contributed by atoms with Gasteiger partial charge in [0.05, 0.1) is 40.4 Å². The topological polar surface area (TPSA) is 104 Å². The maximum absolute atomic E-state index is 14.3. The molecule has 0 radical (unpaired) electrons. The maximum Gasteiger partial charge on any atom is 0.241 e. The first-order chi connectivity index (χ1) is 18.6. The molecule has 2 saturated heterocycles. The second-order valence-corrected chi connectivity index (χ2v) is 11.8. The van der Waals surface area contributed by atoms with E-state index in [-0.39, 0.29) is 41.0 Å². The number of hydrogen-bond acceptors (Lipinski definition) is 6. The quantitative estimate of drug-likeness (QED) is 0.416. The molecule has 0 bridgehead atoms. The van der Waals surface area contributed by atoms with Crippen LogP contribution in [0.3, 0.4) is 0 Å². The Morgan fingerprint density at radius 1 is 1.05 bits per heavy atom. The van der Waals surface area contributed by atoms with Gasteiger partial charge in [0.25, 0.3) is 0 Å². The Bertz CT molecular complexity index is 1450. The van der Waals surface area contributed by atoms with Crippen molar-refractivity contribution in [1.82, 2.24) is 4.90 Å². The third-order valence-corrected chi connectivity index (χ3v) is 9.91. The number of hydrogen-bond donors (Lipinski definition) is 1. The molecule has 6 unspecified atom stereocenters. The van der Waals surface area contributed by atoms with Crippen LogP contribution in [0.4, 0.5) is 5.69 Å². The number of fused-ring (bicyclic) bond motifs is 4. The van der Waals surface area contributed by atoms with Gasteiger partial charge in [-0.25, -0.2) is 4.90 Å². The fourth-order valence-electron chi connectivity index (χ4n) is 7.51. The Morgan fingerprint density at radius 2 is 1.77 bits per heavy atom. The monoisotopic (exact) mass is 592 g/mol. The number of ether oxygens (including phenoxy) is 1. The number of benzene rings is 2. The molecule has 0 spiro atoms. The lowest BCUT2D eigenvalue weighted by atomic mass is 9.51. The molecule has 0 aromatic heterocycles. The van der Waals surface area contributed by atoms with Crippen LogP contribution in [0.25, 0.3) is 0 Å². The molecule has 3 fully saturated rings. The summed E-state index contributed by atoms with van der Waals surface area (Å²) in [4.78, 5) is 57.6. The summed E-state index contributed by atoms with van der Waals surface area (Å²) in [6.45, 7) is 3.93. The molecule has 202 valence electrons. The number of likely N-dealkylation sites (tertiary alicyclic amines) is 1. The first kappa shape index (κ1) is 25.8. The minimum absolute atomic E-state index is 0.0668. The molecule has 9 heteroatoms. The van der Waals surface area contributed by atoms with Gasteiger partial charge in [0.15, 0.2) is 11.5 Å². The number of para-hydroxylation sites is 1. The van der Waals surface area contributed by atoms with Gasteiger partial charge in [-0.05, 0) is 78.4 Å². The molecule has 6 rings (SSSR count). The number of amides is 4. The number of anilines is 1. The molecule has 2 aliphatic heterocycles. The Hall–Kier alpha value is -3.46. The third-order valence-electron chi connectivity index (χ3n) is 9.30. The number of carbonyl (C=O) groups is 4. The fourth-order valence-corrected chi connectivity index (χ4v) is 7.97. The molecule has 1 saturated carbocycles. The first-order valence-electron chi connectivity index (χ1n) is 13.2. The average Bonchev–Trinajstić information content (AvgIpc) is 3.29. The van der Waals surface area contributed by atoms with Gasteiger partial charge < -0.3 is 9.84 Å². The fraction of sp³-hybridized carbons (Fsp3) is 0.400. The molecular formula is C30H29BrN2O6. The molecule has 8 nitrogen and oxygen atoms in total. The summed E-state index contributed by atoms with van der Waals surface area (Å²) in [5.41, 5.74) is 0.938. The van der Waals surface area contributed by atoms with Crippen molar-refractivity contribution < 1.29 is 29.0 Å². The number of methoxy groups -OCH3 is 1. The first-order valence-corrected chi connectivity index (χ1v) is 14.0. The zero-order chi connectivity index (χ0) is 27.8. The van der Waals surface area contributed by atoms with Gasteiger partial charge in [0.2, 0.25) is 23.6 Å². The molecule has 1 N–H and O–H groups in total. The molecule has 39 heavy (non-hydrogen) atoms. The van der Waals surface area contributed by atoms with Crippen molar-refractivity contribution >= 4 is 45.2 Å². The molecule has 2 aliphatic carbocycles. The van der Waals surface area contributed by atoms with Crippen LogP contribution in [0.15, 0.2) is 58.6 Å². The normalized spacial score (nSPS) is 31.7. The summed E-state index contributed by atoms with van der Waals surface area (Å²) in [5.74, 6) is -3.48. The number of phenols is 1. The lowest BCUT2D eigenvalue weighted by Crippen LogP contribution is -2.48. The van der Waals surface area contributed by atoms with E-state index in [1.807, 2.05) is 19.1 Å². The van der Waals surface area contributed by atoms with E-state index in [2.05, 4.69) is 15.9 Å². The summed E-state index contributed by atoms with van der Waals surface area (Å²) in [6.07, 6.45) is 2.72. The van der Waals surface area contributed by atoms with Gasteiger partial charge in [0, 0.05) is 12.5 Å². The molecule has 4 amide bonds. The number of imide groups is 2. The van der Waals surface area contributed by atoms with Gasteiger partial charge >= 0.3 is 0 Å². The van der Waals surface area contributed by atoms with E-state index in [0.717, 1.165) is 5.57 Å². The van der Waals surface area contributed by atoms with Crippen molar-refractivity contribution in [1.29, 1.82) is 0 Å². The van der Waals surface area contributed by atoms with Crippen molar-refractivity contribution in [3.63, 3.8) is 0 Å². The van der Waals surface area contributed by atoms with Crippen molar-refractivity contribution in [3.05, 3.63) is 64.1 Å². The van der Waals surface area contributed by atoms with Crippen LogP contribution in [0.2, 0.25) is 0 Å². The number of aromatic hydroxyl groups is 1. The zero-order valence-corrected chi connectivity index (χ0v) is 23.5. The zero-order valence-electron chi connectivity index (χ0n) is 21.9. The van der Waals surface area contributed by atoms with Crippen molar-refractivity contribution in [3.8, 4) is 11.5 Å². The minimum Gasteiger partial charge on any atom is -0.503 e. The summed E-state index contributed by atoms with van der Waals surface area (Å²) < 4.78 is 5.84. The number of phenolic OH excluding ortho intramolecular Hbond substituents is 1. The highest BCUT2D eigenvalue weighted by atomic mass is 79.9. The van der Waals surface area contributed by atoms with Crippen LogP contribution >= 0.6 is 15.9 Å². The number of rotatable bonds is 4. The Balaban J connectivity index is 1.56. The summed E-state index contributed by atoms with van der Waals surface area (Å²) in [6, 6.07) is 12.3. The number of carbonyl (C=O) groups excluding carboxylic acids is 4. The third kappa shape index (κ3) is 3.41. The van der Waals surface area contributed by atoms with E-state index in [1.165, 1.54) is 16.9 Å². The Labute approximate surface area is 234 Å². The number of allylic oxidation sites excluding steroid dienone is 2. The SMILES string of the molecule is CCN1C(=O)C2CC=C3C(CC4C(=O)N(c5ccccc5)C(=O)C4(C)C3c3cc(Br)c(O)c(OC)c3)C2C1=O. The summed E-state index contributed by atoms with van der Waals surface area (Å²) in [7, 11) is 1.45. The molecule has 6 atom stereocenters. The Morgan fingerprint density at radius 3 is 2.44 bits per heavy atom. The van der Waals surface area contributed by atoms with Crippen LogP contribution in [0, 0.1) is 29.1 Å². The van der Waals surface area contributed by atoms with Gasteiger partial charge in [-0.15, -0.1) is 0 Å². The van der Waals surface area contributed by atoms with Gasteiger partial charge in [-0.3, -0.25) is 24.1 Å². The lowest BCUT2D eigenvalue weighted by Gasteiger charge is -2.49.